The highest BCUT2D eigenvalue weighted by molar-refractivity contribution is 5.94. The van der Waals surface area contributed by atoms with Crippen LogP contribution >= 0.6 is 0 Å². The third-order valence-corrected chi connectivity index (χ3v) is 4.13. The van der Waals surface area contributed by atoms with Crippen LogP contribution in [-0.2, 0) is 6.54 Å². The summed E-state index contributed by atoms with van der Waals surface area (Å²) in [4.78, 5) is 48.4. The number of hydrogen-bond acceptors (Lipinski definition) is 10. The van der Waals surface area contributed by atoms with Gasteiger partial charge in [0, 0.05) is 30.3 Å². The molecule has 166 valence electrons. The molecule has 32 heavy (non-hydrogen) atoms. The Bertz CT molecular complexity index is 1190. The van der Waals surface area contributed by atoms with Gasteiger partial charge in [0.05, 0.1) is 22.3 Å². The van der Waals surface area contributed by atoms with Crippen LogP contribution in [0.1, 0.15) is 32.4 Å². The van der Waals surface area contributed by atoms with E-state index in [0.29, 0.717) is 5.56 Å². The van der Waals surface area contributed by atoms with Crippen molar-refractivity contribution in [2.75, 3.05) is 13.1 Å². The van der Waals surface area contributed by atoms with Crippen LogP contribution in [0, 0.1) is 27.2 Å². The summed E-state index contributed by atoms with van der Waals surface area (Å²) in [5, 5.41) is 33.8. The van der Waals surface area contributed by atoms with Crippen molar-refractivity contribution < 1.29 is 24.0 Å². The minimum absolute atomic E-state index is 0.0324. The Morgan fingerprint density at radius 2 is 1.81 bits per heavy atom. The number of hydrogen-bond donors (Lipinski definition) is 2. The maximum atomic E-state index is 12.1. The van der Waals surface area contributed by atoms with Gasteiger partial charge in [-0.3, -0.25) is 19.7 Å². The number of rotatable bonds is 9. The highest BCUT2D eigenvalue weighted by Gasteiger charge is 2.18. The van der Waals surface area contributed by atoms with Crippen LogP contribution in [0.3, 0.4) is 0 Å². The van der Waals surface area contributed by atoms with Gasteiger partial charge in [-0.2, -0.15) is 9.67 Å². The van der Waals surface area contributed by atoms with Crippen molar-refractivity contribution in [2.45, 2.75) is 13.5 Å². The van der Waals surface area contributed by atoms with Gasteiger partial charge in [-0.05, 0) is 24.0 Å². The van der Waals surface area contributed by atoms with Crippen molar-refractivity contribution in [3.05, 3.63) is 73.5 Å². The Morgan fingerprint density at radius 1 is 1.09 bits per heavy atom. The van der Waals surface area contributed by atoms with Crippen LogP contribution < -0.4 is 10.6 Å². The molecule has 0 unspecified atom stereocenters. The maximum Gasteiger partial charge on any atom is 0.389 e. The minimum Gasteiger partial charge on any atom is -0.358 e. The van der Waals surface area contributed by atoms with Gasteiger partial charge in [-0.25, -0.2) is 0 Å². The molecular formula is C17H16N8O7. The lowest BCUT2D eigenvalue weighted by Gasteiger charge is -2.06. The molecular weight excluding hydrogens is 428 g/mol. The molecule has 2 aromatic heterocycles. The summed E-state index contributed by atoms with van der Waals surface area (Å²) in [6, 6.07) is 5.20. The number of benzene rings is 1. The average Bonchev–Trinajstić information content (AvgIpc) is 3.40. The van der Waals surface area contributed by atoms with Gasteiger partial charge in [0.2, 0.25) is 0 Å². The first-order valence-electron chi connectivity index (χ1n) is 9.06. The van der Waals surface area contributed by atoms with E-state index in [2.05, 4.69) is 25.9 Å². The van der Waals surface area contributed by atoms with Crippen LogP contribution in [0.15, 0.2) is 35.0 Å². The lowest BCUT2D eigenvalue weighted by atomic mass is 10.1. The molecule has 0 atom stereocenters. The van der Waals surface area contributed by atoms with E-state index in [4.69, 9.17) is 4.52 Å². The van der Waals surface area contributed by atoms with Crippen LogP contribution in [0.2, 0.25) is 0 Å². The van der Waals surface area contributed by atoms with Gasteiger partial charge in [0.15, 0.2) is 5.82 Å². The number of nitro benzene ring substituents is 1. The quantitative estimate of drug-likeness (QED) is 0.267. The van der Waals surface area contributed by atoms with Crippen molar-refractivity contribution >= 4 is 23.3 Å². The second-order valence-electron chi connectivity index (χ2n) is 6.41. The molecule has 0 fully saturated rings. The monoisotopic (exact) mass is 444 g/mol. The zero-order chi connectivity index (χ0) is 23.3. The van der Waals surface area contributed by atoms with E-state index in [0.717, 1.165) is 0 Å². The fourth-order valence-corrected chi connectivity index (χ4v) is 2.62. The molecule has 15 heteroatoms. The average molecular weight is 444 g/mol. The van der Waals surface area contributed by atoms with Gasteiger partial charge in [0.25, 0.3) is 11.6 Å². The van der Waals surface area contributed by atoms with E-state index in [9.17, 15) is 29.8 Å². The normalized spacial score (nSPS) is 10.5. The number of aromatic nitrogens is 4. The Kier molecular flexibility index (Phi) is 6.47. The summed E-state index contributed by atoms with van der Waals surface area (Å²) in [6.07, 6.45) is 1.36. The molecule has 2 N–H and O–H groups in total. The largest absolute Gasteiger partial charge is 0.389 e. The molecule has 15 nitrogen and oxygen atoms in total. The molecule has 0 saturated heterocycles. The molecule has 0 spiro atoms. The lowest BCUT2D eigenvalue weighted by Crippen LogP contribution is -2.34. The van der Waals surface area contributed by atoms with E-state index < -0.39 is 21.7 Å². The lowest BCUT2D eigenvalue weighted by molar-refractivity contribution is -0.389. The number of nitrogens with one attached hydrogen (secondary N) is 2. The number of aryl methyl sites for hydroxylation is 1. The van der Waals surface area contributed by atoms with Crippen LogP contribution in [0.25, 0.3) is 0 Å². The molecule has 3 rings (SSSR count). The Labute approximate surface area is 178 Å². The first kappa shape index (κ1) is 22.0. The Balaban J connectivity index is 1.46. The fourth-order valence-electron chi connectivity index (χ4n) is 2.62. The fraction of sp³-hybridized carbons (Fsp3) is 0.235. The smallest absolute Gasteiger partial charge is 0.358 e. The second kappa shape index (κ2) is 9.41. The summed E-state index contributed by atoms with van der Waals surface area (Å²) in [5.41, 5.74) is 0.520. The van der Waals surface area contributed by atoms with Gasteiger partial charge in [0.1, 0.15) is 6.54 Å². The van der Waals surface area contributed by atoms with Crippen LogP contribution in [0.4, 0.5) is 11.5 Å². The van der Waals surface area contributed by atoms with E-state index in [-0.39, 0.29) is 48.4 Å². The highest BCUT2D eigenvalue weighted by Crippen LogP contribution is 2.18. The highest BCUT2D eigenvalue weighted by atomic mass is 16.6. The molecule has 0 saturated carbocycles. The molecule has 0 aliphatic rings. The maximum absolute atomic E-state index is 12.1. The van der Waals surface area contributed by atoms with E-state index >= 15 is 0 Å². The number of amides is 2. The molecule has 3 aromatic rings. The Morgan fingerprint density at radius 3 is 2.44 bits per heavy atom. The van der Waals surface area contributed by atoms with Crippen molar-refractivity contribution in [3.8, 4) is 0 Å². The van der Waals surface area contributed by atoms with Crippen LogP contribution in [-0.4, -0.2) is 54.7 Å². The summed E-state index contributed by atoms with van der Waals surface area (Å²) in [5.74, 6) is -1.69. The predicted molar refractivity (Wildman–Crippen MR) is 105 cm³/mol. The topological polar surface area (TPSA) is 201 Å². The number of carbonyl (C=O) groups is 2. The van der Waals surface area contributed by atoms with E-state index in [1.54, 1.807) is 0 Å². The molecule has 0 aliphatic carbocycles. The first-order chi connectivity index (χ1) is 15.2. The van der Waals surface area contributed by atoms with Gasteiger partial charge in [-0.1, -0.05) is 5.16 Å². The number of nitrogens with zero attached hydrogens (tertiary/aromatic N) is 6. The predicted octanol–water partition coefficient (Wildman–Crippen LogP) is 0.599. The van der Waals surface area contributed by atoms with Crippen molar-refractivity contribution in [1.82, 2.24) is 30.6 Å². The zero-order valence-electron chi connectivity index (χ0n) is 16.5. The molecule has 0 radical (unpaired) electrons. The Hall–Kier alpha value is -4.69. The summed E-state index contributed by atoms with van der Waals surface area (Å²) < 4.78 is 6.08. The van der Waals surface area contributed by atoms with Crippen LogP contribution in [0.5, 0.6) is 0 Å². The van der Waals surface area contributed by atoms with Crippen molar-refractivity contribution in [2.24, 2.45) is 0 Å². The van der Waals surface area contributed by atoms with Crippen molar-refractivity contribution in [1.29, 1.82) is 0 Å². The summed E-state index contributed by atoms with van der Waals surface area (Å²) in [7, 11) is 0. The number of nitro groups is 2. The molecule has 2 amide bonds. The molecule has 0 aliphatic heterocycles. The summed E-state index contributed by atoms with van der Waals surface area (Å²) >= 11 is 0. The SMILES string of the molecule is Cc1cc(C(=O)NCCNC(=O)c2nc(Cn3ccc([N+](=O)[O-])n3)no2)ccc1[N+](=O)[O-]. The van der Waals surface area contributed by atoms with E-state index in [1.165, 1.54) is 42.1 Å². The second-order valence-corrected chi connectivity index (χ2v) is 6.41. The third kappa shape index (κ3) is 5.26. The first-order valence-corrected chi connectivity index (χ1v) is 9.06. The van der Waals surface area contributed by atoms with Gasteiger partial charge >= 0.3 is 17.6 Å². The molecule has 0 bridgehead atoms. The third-order valence-electron chi connectivity index (χ3n) is 4.13. The van der Waals surface area contributed by atoms with E-state index in [1.807, 2.05) is 0 Å². The standard InChI is InChI=1S/C17H16N8O7/c1-10-8-11(2-3-12(10)24(28)29)15(26)18-5-6-19-16(27)17-20-13(22-32-17)9-23-7-4-14(21-23)25(30)31/h2-4,7-8H,5-6,9H2,1H3,(H,18,26)(H,19,27). The molecule has 2 heterocycles. The van der Waals surface area contributed by atoms with Gasteiger partial charge in [-0.15, -0.1) is 0 Å². The number of carbonyl (C=O) groups excluding carboxylic acids is 2. The minimum atomic E-state index is -0.671. The van der Waals surface area contributed by atoms with Crippen molar-refractivity contribution in [3.63, 3.8) is 0 Å². The summed E-state index contributed by atoms with van der Waals surface area (Å²) in [6.45, 7) is 1.63. The van der Waals surface area contributed by atoms with Gasteiger partial charge < -0.3 is 25.3 Å². The molecule has 1 aromatic carbocycles. The zero-order valence-corrected chi connectivity index (χ0v) is 16.5.